The molecule has 3 aliphatic carbocycles. The van der Waals surface area contributed by atoms with Gasteiger partial charge in [0.05, 0.1) is 13.2 Å². The Balaban J connectivity index is 1.25. The van der Waals surface area contributed by atoms with Gasteiger partial charge in [-0.15, -0.1) is 0 Å². The third-order valence-electron chi connectivity index (χ3n) is 8.73. The van der Waals surface area contributed by atoms with E-state index in [0.29, 0.717) is 48.3 Å². The second-order valence-electron chi connectivity index (χ2n) is 10.9. The Hall–Kier alpha value is -2.70. The molecule has 2 bridgehead atoms. The maximum Gasteiger partial charge on any atom is 0.248 e. The third-order valence-corrected chi connectivity index (χ3v) is 8.73. The van der Waals surface area contributed by atoms with Gasteiger partial charge in [0.15, 0.2) is 0 Å². The van der Waals surface area contributed by atoms with Crippen LogP contribution in [0.2, 0.25) is 0 Å². The summed E-state index contributed by atoms with van der Waals surface area (Å²) in [5.41, 5.74) is 9.32. The zero-order valence-corrected chi connectivity index (χ0v) is 20.3. The highest BCUT2D eigenvalue weighted by Gasteiger charge is 2.56. The smallest absolute Gasteiger partial charge is 0.248 e. The molecule has 4 aliphatic rings. The van der Waals surface area contributed by atoms with Gasteiger partial charge in [0, 0.05) is 11.6 Å². The van der Waals surface area contributed by atoms with E-state index in [-0.39, 0.29) is 18.0 Å². The molecule has 0 aromatic heterocycles. The van der Waals surface area contributed by atoms with Crippen LogP contribution in [0, 0.1) is 23.2 Å². The van der Waals surface area contributed by atoms with E-state index in [0.717, 1.165) is 23.1 Å². The number of hydrogen-bond donors (Lipinski definition) is 2. The van der Waals surface area contributed by atoms with Crippen LogP contribution in [0.3, 0.4) is 0 Å². The largest absolute Gasteiger partial charge is 0.366 e. The number of nitrogens with two attached hydrogens (primary N) is 1. The van der Waals surface area contributed by atoms with Gasteiger partial charge >= 0.3 is 0 Å². The molecular weight excluding hydrogens is 426 g/mol. The van der Waals surface area contributed by atoms with Gasteiger partial charge in [0.2, 0.25) is 11.8 Å². The monoisotopic (exact) mass is 461 g/mol. The van der Waals surface area contributed by atoms with Gasteiger partial charge in [-0.3, -0.25) is 14.4 Å². The summed E-state index contributed by atoms with van der Waals surface area (Å²) in [6.07, 6.45) is 3.08. The van der Waals surface area contributed by atoms with Gasteiger partial charge in [-0.2, -0.15) is 5.06 Å². The SMILES string of the molecule is C[C@@H]1[C@@H](NC(=O)[C@@H]2CCON2Cc2cccc(-c3cccc(C(N)=O)c3)c2)C[C@H]2C[C@@H]1C2(C)C. The summed E-state index contributed by atoms with van der Waals surface area (Å²) >= 11 is 0. The number of benzene rings is 2. The van der Waals surface area contributed by atoms with Crippen molar-refractivity contribution in [3.63, 3.8) is 0 Å². The van der Waals surface area contributed by atoms with Gasteiger partial charge < -0.3 is 11.1 Å². The molecule has 1 heterocycles. The van der Waals surface area contributed by atoms with Crippen LogP contribution in [0.15, 0.2) is 48.5 Å². The molecule has 2 aromatic carbocycles. The summed E-state index contributed by atoms with van der Waals surface area (Å²) < 4.78 is 0. The first-order chi connectivity index (χ1) is 16.2. The molecule has 0 spiro atoms. The van der Waals surface area contributed by atoms with Crippen molar-refractivity contribution in [3.05, 3.63) is 59.7 Å². The van der Waals surface area contributed by atoms with Crippen LogP contribution < -0.4 is 11.1 Å². The minimum Gasteiger partial charge on any atom is -0.366 e. The van der Waals surface area contributed by atoms with Crippen molar-refractivity contribution in [1.82, 2.24) is 10.4 Å². The van der Waals surface area contributed by atoms with E-state index in [1.807, 2.05) is 35.4 Å². The standard InChI is InChI=1S/C28H35N3O3/c1-17-23-14-22(28(23,2)3)15-24(17)30-27(33)25-10-11-34-31(25)16-18-6-4-7-19(12-18)20-8-5-9-21(13-20)26(29)32/h4-9,12-13,17,22-25H,10-11,14-16H2,1-3H3,(H2,29,32)(H,30,33)/t17-,22+,23-,24-,25-/m0/s1. The van der Waals surface area contributed by atoms with Gasteiger partial charge in [0.1, 0.15) is 6.04 Å². The van der Waals surface area contributed by atoms with Crippen LogP contribution >= 0.6 is 0 Å². The molecule has 180 valence electrons. The van der Waals surface area contributed by atoms with Crippen molar-refractivity contribution in [3.8, 4) is 11.1 Å². The number of nitrogens with one attached hydrogen (secondary N) is 1. The van der Waals surface area contributed by atoms with E-state index >= 15 is 0 Å². The average Bonchev–Trinajstić information content (AvgIpc) is 3.28. The predicted octanol–water partition coefficient (Wildman–Crippen LogP) is 4.15. The maximum atomic E-state index is 13.3. The van der Waals surface area contributed by atoms with E-state index in [2.05, 4.69) is 32.2 Å². The Bertz CT molecular complexity index is 1100. The molecule has 0 unspecified atom stereocenters. The Labute approximate surface area is 201 Å². The number of hydroxylamine groups is 2. The summed E-state index contributed by atoms with van der Waals surface area (Å²) in [5, 5.41) is 5.20. The molecule has 4 fully saturated rings. The van der Waals surface area contributed by atoms with Gasteiger partial charge in [-0.25, -0.2) is 0 Å². The normalized spacial score (nSPS) is 29.9. The lowest BCUT2D eigenvalue weighted by Crippen LogP contribution is -2.61. The molecule has 2 aromatic rings. The molecule has 5 atom stereocenters. The number of hydrogen-bond acceptors (Lipinski definition) is 4. The molecule has 3 saturated carbocycles. The summed E-state index contributed by atoms with van der Waals surface area (Å²) in [4.78, 5) is 30.7. The van der Waals surface area contributed by atoms with E-state index in [1.54, 1.807) is 12.1 Å². The van der Waals surface area contributed by atoms with Crippen LogP contribution in [-0.4, -0.2) is 35.6 Å². The van der Waals surface area contributed by atoms with E-state index in [9.17, 15) is 9.59 Å². The number of carbonyl (C=O) groups excluding carboxylic acids is 2. The Morgan fingerprint density at radius 2 is 1.85 bits per heavy atom. The summed E-state index contributed by atoms with van der Waals surface area (Å²) in [6.45, 7) is 8.14. The van der Waals surface area contributed by atoms with Crippen LogP contribution in [0.5, 0.6) is 0 Å². The lowest BCUT2D eigenvalue weighted by molar-refractivity contribution is -0.161. The van der Waals surface area contributed by atoms with Crippen molar-refractivity contribution in [1.29, 1.82) is 0 Å². The fourth-order valence-corrected chi connectivity index (χ4v) is 6.43. The fourth-order valence-electron chi connectivity index (χ4n) is 6.43. The van der Waals surface area contributed by atoms with Crippen molar-refractivity contribution in [2.45, 2.75) is 58.7 Å². The fraction of sp³-hybridized carbons (Fsp3) is 0.500. The minimum atomic E-state index is -0.439. The summed E-state index contributed by atoms with van der Waals surface area (Å²) in [5.74, 6) is 1.56. The van der Waals surface area contributed by atoms with Crippen molar-refractivity contribution in [2.75, 3.05) is 6.61 Å². The average molecular weight is 462 g/mol. The van der Waals surface area contributed by atoms with Crippen molar-refractivity contribution >= 4 is 11.8 Å². The van der Waals surface area contributed by atoms with Crippen LogP contribution in [0.25, 0.3) is 11.1 Å². The first-order valence-electron chi connectivity index (χ1n) is 12.4. The Morgan fingerprint density at radius 1 is 1.12 bits per heavy atom. The number of amides is 2. The van der Waals surface area contributed by atoms with Gasteiger partial charge in [0.25, 0.3) is 0 Å². The van der Waals surface area contributed by atoms with Crippen LogP contribution in [0.1, 0.15) is 56.0 Å². The lowest BCUT2D eigenvalue weighted by atomic mass is 9.45. The topological polar surface area (TPSA) is 84.7 Å². The van der Waals surface area contributed by atoms with E-state index < -0.39 is 5.91 Å². The predicted molar refractivity (Wildman–Crippen MR) is 131 cm³/mol. The summed E-state index contributed by atoms with van der Waals surface area (Å²) in [6, 6.07) is 15.4. The Kier molecular flexibility index (Phi) is 5.98. The molecule has 6 rings (SSSR count). The molecule has 2 amide bonds. The Morgan fingerprint density at radius 3 is 2.56 bits per heavy atom. The second-order valence-corrected chi connectivity index (χ2v) is 10.9. The number of nitrogens with zero attached hydrogens (tertiary/aromatic N) is 1. The summed E-state index contributed by atoms with van der Waals surface area (Å²) in [7, 11) is 0. The van der Waals surface area contributed by atoms with E-state index in [1.165, 1.54) is 6.42 Å². The first kappa shape index (κ1) is 23.1. The molecular formula is C28H35N3O3. The molecule has 3 N–H and O–H groups in total. The molecule has 1 aliphatic heterocycles. The molecule has 1 saturated heterocycles. The van der Waals surface area contributed by atoms with Gasteiger partial charge in [-0.1, -0.05) is 51.1 Å². The maximum absolute atomic E-state index is 13.3. The molecule has 6 heteroatoms. The van der Waals surface area contributed by atoms with Crippen LogP contribution in [0.4, 0.5) is 0 Å². The molecule has 0 radical (unpaired) electrons. The molecule has 6 nitrogen and oxygen atoms in total. The number of fused-ring (bicyclic) bond motifs is 2. The second kappa shape index (κ2) is 8.82. The van der Waals surface area contributed by atoms with Crippen molar-refractivity contribution in [2.24, 2.45) is 28.9 Å². The van der Waals surface area contributed by atoms with E-state index in [4.69, 9.17) is 10.6 Å². The third kappa shape index (κ3) is 4.14. The number of rotatable bonds is 6. The quantitative estimate of drug-likeness (QED) is 0.677. The molecule has 34 heavy (non-hydrogen) atoms. The van der Waals surface area contributed by atoms with Crippen molar-refractivity contribution < 1.29 is 14.4 Å². The number of carbonyl (C=O) groups is 2. The zero-order chi connectivity index (χ0) is 24.0. The number of primary amides is 1. The minimum absolute atomic E-state index is 0.0822. The first-order valence-corrected chi connectivity index (χ1v) is 12.4. The van der Waals surface area contributed by atoms with Gasteiger partial charge in [-0.05, 0) is 77.3 Å². The highest BCUT2D eigenvalue weighted by Crippen LogP contribution is 2.61. The lowest BCUT2D eigenvalue weighted by Gasteiger charge is -2.62. The van der Waals surface area contributed by atoms with Crippen LogP contribution in [-0.2, 0) is 16.2 Å². The zero-order valence-electron chi connectivity index (χ0n) is 20.3. The highest BCUT2D eigenvalue weighted by atomic mass is 16.7. The highest BCUT2D eigenvalue weighted by molar-refractivity contribution is 5.94.